The molecule has 2 heterocycles. The summed E-state index contributed by atoms with van der Waals surface area (Å²) < 4.78 is 10.7. The van der Waals surface area contributed by atoms with Crippen LogP contribution in [0.25, 0.3) is 0 Å². The summed E-state index contributed by atoms with van der Waals surface area (Å²) in [7, 11) is 3.09. The Balaban J connectivity index is 1.52. The highest BCUT2D eigenvalue weighted by Gasteiger charge is 2.27. The van der Waals surface area contributed by atoms with Crippen molar-refractivity contribution in [1.82, 2.24) is 15.1 Å². The topological polar surface area (TPSA) is 71.1 Å². The normalized spacial score (nSPS) is 18.1. The third kappa shape index (κ3) is 4.76. The van der Waals surface area contributed by atoms with Gasteiger partial charge >= 0.3 is 0 Å². The molecule has 1 N–H and O–H groups in total. The average molecular weight is 389 g/mol. The van der Waals surface area contributed by atoms with Crippen LogP contribution in [-0.4, -0.2) is 75.1 Å². The van der Waals surface area contributed by atoms with E-state index >= 15 is 0 Å². The van der Waals surface area contributed by atoms with Crippen molar-refractivity contribution in [2.45, 2.75) is 25.7 Å². The fraction of sp³-hybridized carbons (Fsp3) is 0.619. The van der Waals surface area contributed by atoms with E-state index in [0.717, 1.165) is 32.4 Å². The van der Waals surface area contributed by atoms with E-state index in [1.165, 1.54) is 7.11 Å². The molecule has 0 spiro atoms. The van der Waals surface area contributed by atoms with E-state index in [1.807, 2.05) is 4.90 Å². The van der Waals surface area contributed by atoms with Gasteiger partial charge < -0.3 is 24.6 Å². The van der Waals surface area contributed by atoms with Gasteiger partial charge in [-0.3, -0.25) is 9.59 Å². The number of rotatable bonds is 6. The maximum Gasteiger partial charge on any atom is 0.257 e. The lowest BCUT2D eigenvalue weighted by molar-refractivity contribution is -0.133. The molecule has 0 aliphatic carbocycles. The zero-order valence-corrected chi connectivity index (χ0v) is 16.9. The third-order valence-corrected chi connectivity index (χ3v) is 5.78. The van der Waals surface area contributed by atoms with Crippen molar-refractivity contribution in [2.24, 2.45) is 5.92 Å². The van der Waals surface area contributed by atoms with Crippen LogP contribution in [0.5, 0.6) is 11.5 Å². The predicted molar refractivity (Wildman–Crippen MR) is 107 cm³/mol. The van der Waals surface area contributed by atoms with Crippen molar-refractivity contribution in [2.75, 3.05) is 53.5 Å². The van der Waals surface area contributed by atoms with Crippen molar-refractivity contribution < 1.29 is 19.1 Å². The molecule has 0 saturated carbocycles. The molecule has 1 aromatic rings. The number of benzene rings is 1. The van der Waals surface area contributed by atoms with Gasteiger partial charge in [-0.2, -0.15) is 0 Å². The number of nitrogens with zero attached hydrogens (tertiary/aromatic N) is 2. The lowest BCUT2D eigenvalue weighted by atomic mass is 9.93. The van der Waals surface area contributed by atoms with Crippen LogP contribution in [0.15, 0.2) is 18.2 Å². The first-order chi connectivity index (χ1) is 13.6. The molecule has 7 nitrogen and oxygen atoms in total. The summed E-state index contributed by atoms with van der Waals surface area (Å²) in [5, 5.41) is 3.36. The quantitative estimate of drug-likeness (QED) is 0.803. The highest BCUT2D eigenvalue weighted by atomic mass is 16.5. The van der Waals surface area contributed by atoms with Crippen molar-refractivity contribution in [3.8, 4) is 11.5 Å². The Bertz CT molecular complexity index is 680. The number of ether oxygens (including phenoxy) is 2. The monoisotopic (exact) mass is 389 g/mol. The van der Waals surface area contributed by atoms with Gasteiger partial charge in [0.2, 0.25) is 5.91 Å². The van der Waals surface area contributed by atoms with Gasteiger partial charge in [0.25, 0.3) is 5.91 Å². The van der Waals surface area contributed by atoms with E-state index in [4.69, 9.17) is 9.47 Å². The van der Waals surface area contributed by atoms with Crippen LogP contribution in [0, 0.1) is 5.92 Å². The van der Waals surface area contributed by atoms with E-state index in [9.17, 15) is 9.59 Å². The van der Waals surface area contributed by atoms with Crippen LogP contribution in [0.3, 0.4) is 0 Å². The number of carbonyl (C=O) groups excluding carboxylic acids is 2. The molecule has 0 bridgehead atoms. The van der Waals surface area contributed by atoms with Crippen molar-refractivity contribution >= 4 is 11.8 Å². The molecular formula is C21H31N3O4. The second-order valence-electron chi connectivity index (χ2n) is 7.45. The fourth-order valence-electron chi connectivity index (χ4n) is 4.04. The average Bonchev–Trinajstić information content (AvgIpc) is 2.77. The molecule has 2 saturated heterocycles. The molecule has 2 fully saturated rings. The largest absolute Gasteiger partial charge is 0.493 e. The Kier molecular flexibility index (Phi) is 7.14. The van der Waals surface area contributed by atoms with Crippen molar-refractivity contribution in [1.29, 1.82) is 0 Å². The minimum atomic E-state index is -0.0856. The Morgan fingerprint density at radius 2 is 1.71 bits per heavy atom. The number of amides is 2. The highest BCUT2D eigenvalue weighted by Crippen LogP contribution is 2.31. The minimum Gasteiger partial charge on any atom is -0.493 e. The van der Waals surface area contributed by atoms with Crippen LogP contribution in [0.1, 0.15) is 36.0 Å². The summed E-state index contributed by atoms with van der Waals surface area (Å²) >= 11 is 0. The summed E-state index contributed by atoms with van der Waals surface area (Å²) in [4.78, 5) is 29.2. The first kappa shape index (κ1) is 20.5. The minimum absolute atomic E-state index is 0.0856. The summed E-state index contributed by atoms with van der Waals surface area (Å²) in [6.45, 7) is 4.38. The zero-order valence-electron chi connectivity index (χ0n) is 16.9. The SMILES string of the molecule is COc1cccc(C(=O)N2CCN(C(=O)CCC3CCNCC3)CC2)c1OC. The van der Waals surface area contributed by atoms with Gasteiger partial charge in [0.05, 0.1) is 19.8 Å². The number of hydrogen-bond acceptors (Lipinski definition) is 5. The lowest BCUT2D eigenvalue weighted by Gasteiger charge is -2.35. The maximum atomic E-state index is 12.9. The van der Waals surface area contributed by atoms with E-state index in [-0.39, 0.29) is 11.8 Å². The van der Waals surface area contributed by atoms with Crippen molar-refractivity contribution in [3.63, 3.8) is 0 Å². The molecule has 0 radical (unpaired) electrons. The second kappa shape index (κ2) is 9.78. The summed E-state index contributed by atoms with van der Waals surface area (Å²) in [6.07, 6.45) is 3.92. The number of nitrogens with one attached hydrogen (secondary N) is 1. The molecule has 2 aliphatic rings. The third-order valence-electron chi connectivity index (χ3n) is 5.78. The van der Waals surface area contributed by atoms with Crippen LogP contribution in [0.4, 0.5) is 0 Å². The molecular weight excluding hydrogens is 358 g/mol. The number of carbonyl (C=O) groups is 2. The Morgan fingerprint density at radius 1 is 1.04 bits per heavy atom. The molecule has 0 aromatic heterocycles. The van der Waals surface area contributed by atoms with E-state index in [2.05, 4.69) is 5.32 Å². The first-order valence-corrected chi connectivity index (χ1v) is 10.1. The van der Waals surface area contributed by atoms with Crippen molar-refractivity contribution in [3.05, 3.63) is 23.8 Å². The summed E-state index contributed by atoms with van der Waals surface area (Å²) in [6, 6.07) is 5.31. The van der Waals surface area contributed by atoms with Gasteiger partial charge in [-0.05, 0) is 50.4 Å². The van der Waals surface area contributed by atoms with E-state index < -0.39 is 0 Å². The Hall–Kier alpha value is -2.28. The van der Waals surface area contributed by atoms with Gasteiger partial charge in [0, 0.05) is 32.6 Å². The number of piperidine rings is 1. The van der Waals surface area contributed by atoms with Crippen LogP contribution < -0.4 is 14.8 Å². The first-order valence-electron chi connectivity index (χ1n) is 10.1. The molecule has 0 atom stereocenters. The second-order valence-corrected chi connectivity index (χ2v) is 7.45. The molecule has 1 aromatic carbocycles. The van der Waals surface area contributed by atoms with Crippen LogP contribution in [0.2, 0.25) is 0 Å². The standard InChI is InChI=1S/C21H31N3O4/c1-27-18-5-3-4-17(20(18)28-2)21(26)24-14-12-23(13-15-24)19(25)7-6-16-8-10-22-11-9-16/h3-5,16,22H,6-15H2,1-2H3. The molecule has 28 heavy (non-hydrogen) atoms. The van der Waals surface area contributed by atoms with Crippen LogP contribution >= 0.6 is 0 Å². The zero-order chi connectivity index (χ0) is 19.9. The smallest absolute Gasteiger partial charge is 0.257 e. The molecule has 2 amide bonds. The van der Waals surface area contributed by atoms with Gasteiger partial charge in [0.1, 0.15) is 0 Å². The predicted octanol–water partition coefficient (Wildman–Crippen LogP) is 1.77. The van der Waals surface area contributed by atoms with E-state index in [0.29, 0.717) is 55.6 Å². The molecule has 2 aliphatic heterocycles. The molecule has 7 heteroatoms. The lowest BCUT2D eigenvalue weighted by Crippen LogP contribution is -2.50. The van der Waals surface area contributed by atoms with Gasteiger partial charge in [-0.25, -0.2) is 0 Å². The summed E-state index contributed by atoms with van der Waals surface area (Å²) in [5.74, 6) is 1.78. The number of piperazine rings is 1. The Labute approximate surface area is 167 Å². The Morgan fingerprint density at radius 3 is 2.36 bits per heavy atom. The number of methoxy groups -OCH3 is 2. The van der Waals surface area contributed by atoms with Gasteiger partial charge in [-0.15, -0.1) is 0 Å². The number of para-hydroxylation sites is 1. The molecule has 3 rings (SSSR count). The van der Waals surface area contributed by atoms with Crippen LogP contribution in [-0.2, 0) is 4.79 Å². The van der Waals surface area contributed by atoms with E-state index in [1.54, 1.807) is 30.2 Å². The fourth-order valence-corrected chi connectivity index (χ4v) is 4.04. The molecule has 154 valence electrons. The van der Waals surface area contributed by atoms with Gasteiger partial charge in [0.15, 0.2) is 11.5 Å². The van der Waals surface area contributed by atoms with Gasteiger partial charge in [-0.1, -0.05) is 6.07 Å². The summed E-state index contributed by atoms with van der Waals surface area (Å²) in [5.41, 5.74) is 0.493. The number of hydrogen-bond donors (Lipinski definition) is 1. The molecule has 0 unspecified atom stereocenters. The maximum absolute atomic E-state index is 12.9. The highest BCUT2D eigenvalue weighted by molar-refractivity contribution is 5.98.